The first-order valence-corrected chi connectivity index (χ1v) is 5.17. The molecule has 1 unspecified atom stereocenters. The fourth-order valence-electron chi connectivity index (χ4n) is 1.28. The molecule has 1 amide bonds. The number of aromatic hydroxyl groups is 1. The summed E-state index contributed by atoms with van der Waals surface area (Å²) in [5.74, 6) is -1.62. The third-order valence-electron chi connectivity index (χ3n) is 2.17. The Morgan fingerprint density at radius 2 is 2.24 bits per heavy atom. The molecule has 6 nitrogen and oxygen atoms in total. The number of carbonyl (C=O) groups is 2. The largest absolute Gasteiger partial charge is 0.505 e. The molecule has 0 aliphatic carbocycles. The first-order valence-electron chi connectivity index (χ1n) is 5.17. The highest BCUT2D eigenvalue weighted by atomic mass is 16.4. The standard InChI is InChI=1S/C11H14N2O4/c1-7(4-5-9(15)16)13-11(17)10-8(14)3-2-6-12-10/h2-3,6-7,14H,4-5H2,1H3,(H,13,17)(H,15,16). The quantitative estimate of drug-likeness (QED) is 0.703. The van der Waals surface area contributed by atoms with Gasteiger partial charge in [0, 0.05) is 18.7 Å². The van der Waals surface area contributed by atoms with E-state index in [4.69, 9.17) is 5.11 Å². The van der Waals surface area contributed by atoms with E-state index < -0.39 is 11.9 Å². The Kier molecular flexibility index (Phi) is 4.45. The van der Waals surface area contributed by atoms with Gasteiger partial charge in [0.05, 0.1) is 0 Å². The lowest BCUT2D eigenvalue weighted by Gasteiger charge is -2.12. The molecule has 0 bridgehead atoms. The highest BCUT2D eigenvalue weighted by Gasteiger charge is 2.15. The molecule has 0 aromatic carbocycles. The molecule has 1 aromatic rings. The van der Waals surface area contributed by atoms with Gasteiger partial charge in [-0.05, 0) is 25.5 Å². The molecule has 3 N–H and O–H groups in total. The highest BCUT2D eigenvalue weighted by molar-refractivity contribution is 5.94. The van der Waals surface area contributed by atoms with Crippen LogP contribution in [0.15, 0.2) is 18.3 Å². The lowest BCUT2D eigenvalue weighted by molar-refractivity contribution is -0.137. The minimum atomic E-state index is -0.910. The van der Waals surface area contributed by atoms with Crippen molar-refractivity contribution in [2.75, 3.05) is 0 Å². The first-order chi connectivity index (χ1) is 8.00. The summed E-state index contributed by atoms with van der Waals surface area (Å²) in [6.07, 6.45) is 1.71. The summed E-state index contributed by atoms with van der Waals surface area (Å²) in [5.41, 5.74) is -0.0605. The lowest BCUT2D eigenvalue weighted by atomic mass is 10.2. The van der Waals surface area contributed by atoms with Gasteiger partial charge in [-0.3, -0.25) is 9.59 Å². The zero-order valence-electron chi connectivity index (χ0n) is 9.38. The molecule has 17 heavy (non-hydrogen) atoms. The maximum absolute atomic E-state index is 11.6. The van der Waals surface area contributed by atoms with Crippen LogP contribution in [0.5, 0.6) is 5.75 Å². The van der Waals surface area contributed by atoms with Crippen LogP contribution in [-0.4, -0.2) is 33.1 Å². The van der Waals surface area contributed by atoms with E-state index in [1.54, 1.807) is 6.92 Å². The Morgan fingerprint density at radius 3 is 2.82 bits per heavy atom. The summed E-state index contributed by atoms with van der Waals surface area (Å²) in [4.78, 5) is 25.7. The molecule has 0 aliphatic heterocycles. The number of rotatable bonds is 5. The average Bonchev–Trinajstić information content (AvgIpc) is 2.26. The topological polar surface area (TPSA) is 99.5 Å². The molecular formula is C11H14N2O4. The summed E-state index contributed by atoms with van der Waals surface area (Å²) in [6, 6.07) is 2.59. The average molecular weight is 238 g/mol. The number of nitrogens with one attached hydrogen (secondary N) is 1. The van der Waals surface area contributed by atoms with E-state index in [1.807, 2.05) is 0 Å². The number of aliphatic carboxylic acids is 1. The van der Waals surface area contributed by atoms with Gasteiger partial charge in [0.25, 0.3) is 5.91 Å². The van der Waals surface area contributed by atoms with Crippen molar-refractivity contribution in [1.29, 1.82) is 0 Å². The number of carboxylic acids is 1. The number of hydrogen-bond donors (Lipinski definition) is 3. The van der Waals surface area contributed by atoms with Gasteiger partial charge in [-0.15, -0.1) is 0 Å². The summed E-state index contributed by atoms with van der Waals surface area (Å²) >= 11 is 0. The van der Waals surface area contributed by atoms with Crippen molar-refractivity contribution in [1.82, 2.24) is 10.3 Å². The fourth-order valence-corrected chi connectivity index (χ4v) is 1.28. The third kappa shape index (κ3) is 4.10. The molecule has 0 aliphatic rings. The van der Waals surface area contributed by atoms with Crippen LogP contribution < -0.4 is 5.32 Å². The molecular weight excluding hydrogens is 224 g/mol. The van der Waals surface area contributed by atoms with Crippen molar-refractivity contribution in [3.8, 4) is 5.75 Å². The number of amides is 1. The Hall–Kier alpha value is -2.11. The molecule has 0 spiro atoms. The zero-order valence-corrected chi connectivity index (χ0v) is 9.38. The maximum atomic E-state index is 11.6. The number of carboxylic acid groups (broad SMARTS) is 1. The Morgan fingerprint density at radius 1 is 1.53 bits per heavy atom. The second-order valence-corrected chi connectivity index (χ2v) is 3.68. The van der Waals surface area contributed by atoms with E-state index in [-0.39, 0.29) is 23.9 Å². The van der Waals surface area contributed by atoms with Crippen LogP contribution in [0.4, 0.5) is 0 Å². The van der Waals surface area contributed by atoms with Crippen molar-refractivity contribution in [2.45, 2.75) is 25.8 Å². The molecule has 1 heterocycles. The molecule has 0 fully saturated rings. The van der Waals surface area contributed by atoms with Crippen LogP contribution in [-0.2, 0) is 4.79 Å². The van der Waals surface area contributed by atoms with E-state index >= 15 is 0 Å². The van der Waals surface area contributed by atoms with Gasteiger partial charge >= 0.3 is 5.97 Å². The van der Waals surface area contributed by atoms with Crippen molar-refractivity contribution in [3.05, 3.63) is 24.0 Å². The molecule has 6 heteroatoms. The van der Waals surface area contributed by atoms with Crippen LogP contribution in [0.2, 0.25) is 0 Å². The Balaban J connectivity index is 2.55. The van der Waals surface area contributed by atoms with Gasteiger partial charge in [-0.1, -0.05) is 0 Å². The van der Waals surface area contributed by atoms with Gasteiger partial charge in [0.1, 0.15) is 5.75 Å². The molecule has 0 saturated carbocycles. The molecule has 1 rings (SSSR count). The Bertz CT molecular complexity index is 420. The number of carbonyl (C=O) groups excluding carboxylic acids is 1. The van der Waals surface area contributed by atoms with Gasteiger partial charge in [-0.25, -0.2) is 4.98 Å². The Labute approximate surface area is 98.3 Å². The van der Waals surface area contributed by atoms with Gasteiger partial charge in [-0.2, -0.15) is 0 Å². The SMILES string of the molecule is CC(CCC(=O)O)NC(=O)c1ncccc1O. The number of hydrogen-bond acceptors (Lipinski definition) is 4. The lowest BCUT2D eigenvalue weighted by Crippen LogP contribution is -2.33. The molecule has 0 saturated heterocycles. The van der Waals surface area contributed by atoms with E-state index in [2.05, 4.69) is 10.3 Å². The van der Waals surface area contributed by atoms with E-state index in [1.165, 1.54) is 18.3 Å². The van der Waals surface area contributed by atoms with Crippen LogP contribution >= 0.6 is 0 Å². The molecule has 0 radical (unpaired) electrons. The van der Waals surface area contributed by atoms with E-state index in [9.17, 15) is 14.7 Å². The van der Waals surface area contributed by atoms with Crippen molar-refractivity contribution < 1.29 is 19.8 Å². The molecule has 92 valence electrons. The van der Waals surface area contributed by atoms with Gasteiger partial charge < -0.3 is 15.5 Å². The number of aromatic nitrogens is 1. The molecule has 1 aromatic heterocycles. The van der Waals surface area contributed by atoms with Crippen molar-refractivity contribution >= 4 is 11.9 Å². The molecule has 1 atom stereocenters. The normalized spacial score (nSPS) is 11.8. The summed E-state index contributed by atoms with van der Waals surface area (Å²) in [7, 11) is 0. The zero-order chi connectivity index (χ0) is 12.8. The van der Waals surface area contributed by atoms with Crippen LogP contribution in [0.25, 0.3) is 0 Å². The first kappa shape index (κ1) is 13.0. The second-order valence-electron chi connectivity index (χ2n) is 3.68. The summed E-state index contributed by atoms with van der Waals surface area (Å²) in [5, 5.41) is 20.5. The minimum absolute atomic E-state index is 0.0182. The van der Waals surface area contributed by atoms with E-state index in [0.717, 1.165) is 0 Å². The van der Waals surface area contributed by atoms with Crippen LogP contribution in [0, 0.1) is 0 Å². The monoisotopic (exact) mass is 238 g/mol. The van der Waals surface area contributed by atoms with Crippen LogP contribution in [0.1, 0.15) is 30.3 Å². The fraction of sp³-hybridized carbons (Fsp3) is 0.364. The maximum Gasteiger partial charge on any atom is 0.303 e. The summed E-state index contributed by atoms with van der Waals surface area (Å²) in [6.45, 7) is 1.70. The third-order valence-corrected chi connectivity index (χ3v) is 2.17. The van der Waals surface area contributed by atoms with Gasteiger partial charge in [0.2, 0.25) is 0 Å². The van der Waals surface area contributed by atoms with Crippen molar-refractivity contribution in [3.63, 3.8) is 0 Å². The highest BCUT2D eigenvalue weighted by Crippen LogP contribution is 2.12. The number of pyridine rings is 1. The minimum Gasteiger partial charge on any atom is -0.505 e. The second kappa shape index (κ2) is 5.83. The smallest absolute Gasteiger partial charge is 0.303 e. The number of nitrogens with zero attached hydrogens (tertiary/aromatic N) is 1. The van der Waals surface area contributed by atoms with E-state index in [0.29, 0.717) is 6.42 Å². The predicted octanol–water partition coefficient (Wildman–Crippen LogP) is 0.770. The van der Waals surface area contributed by atoms with Crippen LogP contribution in [0.3, 0.4) is 0 Å². The predicted molar refractivity (Wildman–Crippen MR) is 59.7 cm³/mol. The summed E-state index contributed by atoms with van der Waals surface area (Å²) < 4.78 is 0. The van der Waals surface area contributed by atoms with Crippen molar-refractivity contribution in [2.24, 2.45) is 0 Å². The van der Waals surface area contributed by atoms with Gasteiger partial charge in [0.15, 0.2) is 5.69 Å².